The predicted molar refractivity (Wildman–Crippen MR) is 60.6 cm³/mol. The Morgan fingerprint density at radius 1 is 1.13 bits per heavy atom. The largest absolute Gasteiger partial charge is 0.325 e. The Labute approximate surface area is 87.2 Å². The summed E-state index contributed by atoms with van der Waals surface area (Å²) in [7, 11) is 0. The van der Waals surface area contributed by atoms with Gasteiger partial charge in [0.2, 0.25) is 0 Å². The number of fused-ring (bicyclic) bond motifs is 3. The monoisotopic (exact) mass is 197 g/mol. The molecule has 15 heavy (non-hydrogen) atoms. The molecule has 3 heteroatoms. The van der Waals surface area contributed by atoms with E-state index in [2.05, 4.69) is 27.6 Å². The molecule has 0 atom stereocenters. The van der Waals surface area contributed by atoms with E-state index in [0.29, 0.717) is 6.54 Å². The number of para-hydroxylation sites is 1. The molecular weight excluding hydrogens is 186 g/mol. The lowest BCUT2D eigenvalue weighted by atomic mass is 10.2. The zero-order valence-corrected chi connectivity index (χ0v) is 8.22. The summed E-state index contributed by atoms with van der Waals surface area (Å²) in [4.78, 5) is 4.42. The van der Waals surface area contributed by atoms with Gasteiger partial charge in [-0.15, -0.1) is 0 Å². The van der Waals surface area contributed by atoms with Gasteiger partial charge in [-0.05, 0) is 23.6 Å². The van der Waals surface area contributed by atoms with E-state index in [1.165, 1.54) is 10.9 Å². The van der Waals surface area contributed by atoms with Gasteiger partial charge in [0, 0.05) is 12.7 Å². The lowest BCUT2D eigenvalue weighted by Gasteiger charge is -1.99. The SMILES string of the molecule is NCc1cn2c(ccc3ccccc32)n1. The van der Waals surface area contributed by atoms with Crippen LogP contribution in [0.15, 0.2) is 42.6 Å². The zero-order valence-electron chi connectivity index (χ0n) is 8.22. The molecule has 0 fully saturated rings. The highest BCUT2D eigenvalue weighted by Crippen LogP contribution is 2.16. The Hall–Kier alpha value is -1.87. The lowest BCUT2D eigenvalue weighted by molar-refractivity contribution is 1.02. The molecule has 1 aromatic carbocycles. The second-order valence-electron chi connectivity index (χ2n) is 3.56. The smallest absolute Gasteiger partial charge is 0.137 e. The maximum Gasteiger partial charge on any atom is 0.137 e. The van der Waals surface area contributed by atoms with Crippen molar-refractivity contribution in [3.8, 4) is 0 Å². The van der Waals surface area contributed by atoms with Crippen LogP contribution in [0.2, 0.25) is 0 Å². The number of hydrogen-bond donors (Lipinski definition) is 1. The van der Waals surface area contributed by atoms with Gasteiger partial charge in [-0.25, -0.2) is 4.98 Å². The number of pyridine rings is 1. The van der Waals surface area contributed by atoms with Crippen molar-refractivity contribution in [3.05, 3.63) is 48.3 Å². The third-order valence-corrected chi connectivity index (χ3v) is 2.60. The number of hydrogen-bond acceptors (Lipinski definition) is 2. The molecule has 0 spiro atoms. The topological polar surface area (TPSA) is 43.3 Å². The van der Waals surface area contributed by atoms with E-state index >= 15 is 0 Å². The third kappa shape index (κ3) is 1.21. The molecule has 0 aliphatic rings. The zero-order chi connectivity index (χ0) is 10.3. The highest BCUT2D eigenvalue weighted by Gasteiger charge is 2.02. The molecule has 0 aliphatic carbocycles. The van der Waals surface area contributed by atoms with Crippen molar-refractivity contribution < 1.29 is 0 Å². The van der Waals surface area contributed by atoms with Gasteiger partial charge in [-0.3, -0.25) is 4.40 Å². The summed E-state index contributed by atoms with van der Waals surface area (Å²) in [5.41, 5.74) is 8.63. The van der Waals surface area contributed by atoms with E-state index < -0.39 is 0 Å². The van der Waals surface area contributed by atoms with Crippen LogP contribution in [-0.2, 0) is 6.54 Å². The fourth-order valence-corrected chi connectivity index (χ4v) is 1.87. The van der Waals surface area contributed by atoms with E-state index in [1.54, 1.807) is 0 Å². The van der Waals surface area contributed by atoms with Crippen LogP contribution in [0.3, 0.4) is 0 Å². The van der Waals surface area contributed by atoms with Crippen LogP contribution < -0.4 is 5.73 Å². The Balaban J connectivity index is 2.47. The van der Waals surface area contributed by atoms with Gasteiger partial charge < -0.3 is 5.73 Å². The predicted octanol–water partition coefficient (Wildman–Crippen LogP) is 1.95. The Morgan fingerprint density at radius 3 is 2.87 bits per heavy atom. The summed E-state index contributed by atoms with van der Waals surface area (Å²) in [5.74, 6) is 0. The molecule has 2 N–H and O–H groups in total. The maximum absolute atomic E-state index is 5.58. The van der Waals surface area contributed by atoms with Crippen molar-refractivity contribution in [1.82, 2.24) is 9.38 Å². The number of rotatable bonds is 1. The van der Waals surface area contributed by atoms with Crippen LogP contribution in [0, 0.1) is 0 Å². The van der Waals surface area contributed by atoms with Gasteiger partial charge in [-0.1, -0.05) is 18.2 Å². The highest BCUT2D eigenvalue weighted by atomic mass is 15.0. The molecule has 0 saturated heterocycles. The molecule has 0 amide bonds. The summed E-state index contributed by atoms with van der Waals surface area (Å²) < 4.78 is 2.08. The number of aromatic nitrogens is 2. The van der Waals surface area contributed by atoms with Crippen molar-refractivity contribution in [2.75, 3.05) is 0 Å². The second-order valence-corrected chi connectivity index (χ2v) is 3.56. The van der Waals surface area contributed by atoms with Gasteiger partial charge in [-0.2, -0.15) is 0 Å². The summed E-state index contributed by atoms with van der Waals surface area (Å²) in [6.45, 7) is 0.482. The van der Waals surface area contributed by atoms with E-state index in [9.17, 15) is 0 Å². The minimum absolute atomic E-state index is 0.482. The average molecular weight is 197 g/mol. The van der Waals surface area contributed by atoms with Crippen LogP contribution in [0.25, 0.3) is 16.6 Å². The van der Waals surface area contributed by atoms with Crippen molar-refractivity contribution >= 4 is 16.6 Å². The van der Waals surface area contributed by atoms with Crippen molar-refractivity contribution in [2.45, 2.75) is 6.54 Å². The summed E-state index contributed by atoms with van der Waals surface area (Å²) >= 11 is 0. The van der Waals surface area contributed by atoms with Crippen molar-refractivity contribution in [2.24, 2.45) is 5.73 Å². The third-order valence-electron chi connectivity index (χ3n) is 2.60. The van der Waals surface area contributed by atoms with Crippen LogP contribution in [-0.4, -0.2) is 9.38 Å². The minimum Gasteiger partial charge on any atom is -0.325 e. The van der Waals surface area contributed by atoms with Gasteiger partial charge >= 0.3 is 0 Å². The molecule has 74 valence electrons. The Bertz CT molecular complexity index is 625. The molecule has 2 aromatic heterocycles. The highest BCUT2D eigenvalue weighted by molar-refractivity contribution is 5.81. The first-order valence-electron chi connectivity index (χ1n) is 4.94. The fourth-order valence-electron chi connectivity index (χ4n) is 1.87. The number of nitrogens with two attached hydrogens (primary N) is 1. The molecule has 0 radical (unpaired) electrons. The van der Waals surface area contributed by atoms with Gasteiger partial charge in [0.15, 0.2) is 0 Å². The van der Waals surface area contributed by atoms with Crippen LogP contribution in [0.4, 0.5) is 0 Å². The van der Waals surface area contributed by atoms with Crippen LogP contribution in [0.1, 0.15) is 5.69 Å². The van der Waals surface area contributed by atoms with Crippen LogP contribution in [0.5, 0.6) is 0 Å². The van der Waals surface area contributed by atoms with Crippen molar-refractivity contribution in [3.63, 3.8) is 0 Å². The van der Waals surface area contributed by atoms with E-state index in [-0.39, 0.29) is 0 Å². The molecular formula is C12H11N3. The summed E-state index contributed by atoms with van der Waals surface area (Å²) in [6, 6.07) is 12.3. The maximum atomic E-state index is 5.58. The first-order valence-corrected chi connectivity index (χ1v) is 4.94. The number of nitrogens with zero attached hydrogens (tertiary/aromatic N) is 2. The molecule has 0 aliphatic heterocycles. The first-order chi connectivity index (χ1) is 7.38. The normalized spacial score (nSPS) is 11.3. The van der Waals surface area contributed by atoms with Crippen molar-refractivity contribution in [1.29, 1.82) is 0 Å². The lowest BCUT2D eigenvalue weighted by Crippen LogP contribution is -1.95. The van der Waals surface area contributed by atoms with E-state index in [4.69, 9.17) is 5.73 Å². The Kier molecular flexibility index (Phi) is 1.73. The average Bonchev–Trinajstić information content (AvgIpc) is 2.72. The Morgan fingerprint density at radius 2 is 2.00 bits per heavy atom. The summed E-state index contributed by atoms with van der Waals surface area (Å²) in [6.07, 6.45) is 2.00. The molecule has 3 nitrogen and oxygen atoms in total. The molecule has 3 aromatic rings. The minimum atomic E-state index is 0.482. The van der Waals surface area contributed by atoms with Gasteiger partial charge in [0.1, 0.15) is 5.65 Å². The molecule has 0 saturated carbocycles. The molecule has 2 heterocycles. The molecule has 0 bridgehead atoms. The standard InChI is InChI=1S/C12H11N3/c13-7-10-8-15-11-4-2-1-3-9(11)5-6-12(15)14-10/h1-6,8H,7,13H2. The first kappa shape index (κ1) is 8.44. The quantitative estimate of drug-likeness (QED) is 0.648. The van der Waals surface area contributed by atoms with Crippen LogP contribution >= 0.6 is 0 Å². The second kappa shape index (κ2) is 3.07. The van der Waals surface area contributed by atoms with E-state index in [1.807, 2.05) is 24.4 Å². The molecule has 0 unspecified atom stereocenters. The van der Waals surface area contributed by atoms with Gasteiger partial charge in [0.25, 0.3) is 0 Å². The number of benzene rings is 1. The van der Waals surface area contributed by atoms with E-state index in [0.717, 1.165) is 11.3 Å². The molecule has 3 rings (SSSR count). The summed E-state index contributed by atoms with van der Waals surface area (Å²) in [5, 5.41) is 1.21. The van der Waals surface area contributed by atoms with Gasteiger partial charge in [0.05, 0.1) is 11.2 Å². The fraction of sp³-hybridized carbons (Fsp3) is 0.0833. The number of imidazole rings is 1.